The highest BCUT2D eigenvalue weighted by Crippen LogP contribution is 2.15. The van der Waals surface area contributed by atoms with Gasteiger partial charge in [0.25, 0.3) is 10.2 Å². The van der Waals surface area contributed by atoms with Gasteiger partial charge in [-0.15, -0.1) is 0 Å². The largest absolute Gasteiger partial charge is 0.389 e. The maximum absolute atomic E-state index is 12.0. The first-order chi connectivity index (χ1) is 7.48. The molecule has 0 bridgehead atoms. The lowest BCUT2D eigenvalue weighted by Gasteiger charge is -2.25. The molecule has 1 N–H and O–H groups in total. The number of ether oxygens (including phenoxy) is 1. The zero-order valence-corrected chi connectivity index (χ0v) is 10.6. The van der Waals surface area contributed by atoms with Crippen LogP contribution in [0, 0.1) is 0 Å². The summed E-state index contributed by atoms with van der Waals surface area (Å²) in [5.74, 6) is 0. The number of rotatable bonds is 6. The summed E-state index contributed by atoms with van der Waals surface area (Å²) in [6.07, 6.45) is 1.04. The van der Waals surface area contributed by atoms with E-state index in [9.17, 15) is 13.5 Å². The molecule has 1 unspecified atom stereocenters. The van der Waals surface area contributed by atoms with Crippen LogP contribution in [0.3, 0.4) is 0 Å². The minimum Gasteiger partial charge on any atom is -0.389 e. The Morgan fingerprint density at radius 1 is 1.44 bits per heavy atom. The van der Waals surface area contributed by atoms with Crippen molar-refractivity contribution in [2.24, 2.45) is 0 Å². The fraction of sp³-hybridized carbons (Fsp3) is 1.00. The monoisotopic (exact) mass is 252 g/mol. The summed E-state index contributed by atoms with van der Waals surface area (Å²) in [5, 5.41) is 9.48. The zero-order chi connectivity index (χ0) is 12.2. The fourth-order valence-electron chi connectivity index (χ4n) is 1.75. The predicted octanol–water partition coefficient (Wildman–Crippen LogP) is -0.734. The highest BCUT2D eigenvalue weighted by Gasteiger charge is 2.30. The van der Waals surface area contributed by atoms with E-state index in [1.165, 1.54) is 22.8 Å². The molecule has 0 aromatic heterocycles. The van der Waals surface area contributed by atoms with E-state index >= 15 is 0 Å². The molecule has 0 aromatic carbocycles. The van der Waals surface area contributed by atoms with Crippen LogP contribution in [-0.2, 0) is 14.9 Å². The highest BCUT2D eigenvalue weighted by molar-refractivity contribution is 7.86. The molecular weight excluding hydrogens is 232 g/mol. The van der Waals surface area contributed by atoms with Crippen molar-refractivity contribution in [3.05, 3.63) is 0 Å². The molecule has 7 heteroatoms. The quantitative estimate of drug-likeness (QED) is 0.676. The molecule has 1 rings (SSSR count). The second kappa shape index (κ2) is 5.92. The van der Waals surface area contributed by atoms with Crippen molar-refractivity contribution in [1.82, 2.24) is 8.61 Å². The molecule has 0 radical (unpaired) electrons. The number of aliphatic hydroxyl groups is 1. The fourth-order valence-corrected chi connectivity index (χ4v) is 3.23. The maximum Gasteiger partial charge on any atom is 0.281 e. The second-order valence-corrected chi connectivity index (χ2v) is 6.04. The number of aliphatic hydroxyl groups excluding tert-OH is 1. The van der Waals surface area contributed by atoms with Crippen molar-refractivity contribution in [3.8, 4) is 0 Å². The van der Waals surface area contributed by atoms with Gasteiger partial charge in [-0.25, -0.2) is 0 Å². The summed E-state index contributed by atoms with van der Waals surface area (Å²) < 4.78 is 31.3. The van der Waals surface area contributed by atoms with Crippen LogP contribution >= 0.6 is 0 Å². The van der Waals surface area contributed by atoms with Crippen LogP contribution in [0.25, 0.3) is 0 Å². The van der Waals surface area contributed by atoms with Gasteiger partial charge < -0.3 is 9.84 Å². The highest BCUT2D eigenvalue weighted by atomic mass is 32.2. The van der Waals surface area contributed by atoms with E-state index in [2.05, 4.69) is 0 Å². The molecule has 0 saturated carbocycles. The van der Waals surface area contributed by atoms with Gasteiger partial charge in [-0.05, 0) is 12.8 Å². The lowest BCUT2D eigenvalue weighted by Crippen LogP contribution is -2.44. The Bertz CT molecular complexity index is 301. The molecule has 1 heterocycles. The van der Waals surface area contributed by atoms with Crippen LogP contribution in [0.2, 0.25) is 0 Å². The molecule has 0 aromatic rings. The molecule has 0 amide bonds. The summed E-state index contributed by atoms with van der Waals surface area (Å²) in [4.78, 5) is 0. The summed E-state index contributed by atoms with van der Waals surface area (Å²) in [6.45, 7) is 1.35. The van der Waals surface area contributed by atoms with E-state index in [4.69, 9.17) is 4.74 Å². The van der Waals surface area contributed by atoms with Gasteiger partial charge >= 0.3 is 0 Å². The smallest absolute Gasteiger partial charge is 0.281 e. The lowest BCUT2D eigenvalue weighted by molar-refractivity contribution is 0.0547. The van der Waals surface area contributed by atoms with Gasteiger partial charge in [0, 0.05) is 33.8 Å². The van der Waals surface area contributed by atoms with Gasteiger partial charge in [-0.3, -0.25) is 0 Å². The number of nitrogens with zero attached hydrogens (tertiary/aromatic N) is 2. The SMILES string of the molecule is COCC(O)CN(C)S(=O)(=O)N1CCCC1. The second-order valence-electron chi connectivity index (χ2n) is 4.00. The van der Waals surface area contributed by atoms with Crippen LogP contribution in [0.15, 0.2) is 0 Å². The Hall–Kier alpha value is -0.210. The normalized spacial score (nSPS) is 20.5. The average Bonchev–Trinajstić information content (AvgIpc) is 2.70. The zero-order valence-electron chi connectivity index (χ0n) is 9.79. The number of methoxy groups -OCH3 is 1. The van der Waals surface area contributed by atoms with Gasteiger partial charge in [0.15, 0.2) is 0 Å². The molecule has 1 fully saturated rings. The van der Waals surface area contributed by atoms with Crippen LogP contribution in [0.5, 0.6) is 0 Å². The minimum absolute atomic E-state index is 0.0622. The molecule has 1 atom stereocenters. The van der Waals surface area contributed by atoms with Gasteiger partial charge in [-0.2, -0.15) is 17.0 Å². The van der Waals surface area contributed by atoms with Crippen LogP contribution in [-0.4, -0.2) is 68.6 Å². The molecule has 1 aliphatic heterocycles. The van der Waals surface area contributed by atoms with Crippen LogP contribution in [0.1, 0.15) is 12.8 Å². The molecule has 16 heavy (non-hydrogen) atoms. The first kappa shape index (κ1) is 13.9. The van der Waals surface area contributed by atoms with E-state index in [1.54, 1.807) is 0 Å². The Labute approximate surface area is 97.0 Å². The lowest BCUT2D eigenvalue weighted by atomic mass is 10.4. The van der Waals surface area contributed by atoms with E-state index in [0.29, 0.717) is 13.1 Å². The summed E-state index contributed by atoms with van der Waals surface area (Å²) in [7, 11) is -0.452. The Balaban J connectivity index is 2.54. The molecule has 0 aliphatic carbocycles. The summed E-state index contributed by atoms with van der Waals surface area (Å²) in [5.41, 5.74) is 0. The van der Waals surface area contributed by atoms with Gasteiger partial charge in [0.05, 0.1) is 12.7 Å². The van der Waals surface area contributed by atoms with Crippen molar-refractivity contribution >= 4 is 10.2 Å². The minimum atomic E-state index is -3.40. The molecule has 6 nitrogen and oxygen atoms in total. The first-order valence-corrected chi connectivity index (χ1v) is 6.76. The summed E-state index contributed by atoms with van der Waals surface area (Å²) in [6, 6.07) is 0. The van der Waals surface area contributed by atoms with E-state index in [-0.39, 0.29) is 13.2 Å². The third kappa shape index (κ3) is 3.39. The summed E-state index contributed by atoms with van der Waals surface area (Å²) >= 11 is 0. The van der Waals surface area contributed by atoms with Gasteiger partial charge in [0.1, 0.15) is 0 Å². The Morgan fingerprint density at radius 2 is 2.00 bits per heavy atom. The molecular formula is C9H20N2O4S. The van der Waals surface area contributed by atoms with Gasteiger partial charge in [0.2, 0.25) is 0 Å². The van der Waals surface area contributed by atoms with Gasteiger partial charge in [-0.1, -0.05) is 0 Å². The number of hydrogen-bond donors (Lipinski definition) is 1. The topological polar surface area (TPSA) is 70.1 Å². The van der Waals surface area contributed by atoms with Crippen molar-refractivity contribution in [2.75, 3.05) is 40.4 Å². The van der Waals surface area contributed by atoms with Crippen molar-refractivity contribution in [3.63, 3.8) is 0 Å². The standard InChI is InChI=1S/C9H20N2O4S/c1-10(7-9(12)8-15-2)16(13,14)11-5-3-4-6-11/h9,12H,3-8H2,1-2H3. The Kier molecular flexibility index (Phi) is 5.13. The van der Waals surface area contributed by atoms with Crippen molar-refractivity contribution < 1.29 is 18.3 Å². The molecule has 0 spiro atoms. The first-order valence-electron chi connectivity index (χ1n) is 5.37. The Morgan fingerprint density at radius 3 is 2.50 bits per heavy atom. The van der Waals surface area contributed by atoms with Crippen LogP contribution in [0.4, 0.5) is 0 Å². The molecule has 1 aliphatic rings. The molecule has 1 saturated heterocycles. The third-order valence-electron chi connectivity index (χ3n) is 2.61. The number of hydrogen-bond acceptors (Lipinski definition) is 4. The van der Waals surface area contributed by atoms with E-state index in [1.807, 2.05) is 0 Å². The maximum atomic E-state index is 12.0. The molecule has 96 valence electrons. The van der Waals surface area contributed by atoms with Crippen molar-refractivity contribution in [2.45, 2.75) is 18.9 Å². The van der Waals surface area contributed by atoms with Crippen molar-refractivity contribution in [1.29, 1.82) is 0 Å². The number of likely N-dealkylation sites (N-methyl/N-ethyl adjacent to an activating group) is 1. The van der Waals surface area contributed by atoms with E-state index in [0.717, 1.165) is 12.8 Å². The average molecular weight is 252 g/mol. The third-order valence-corrected chi connectivity index (χ3v) is 4.57. The predicted molar refractivity (Wildman–Crippen MR) is 60.2 cm³/mol. The van der Waals surface area contributed by atoms with Crippen LogP contribution < -0.4 is 0 Å². The van der Waals surface area contributed by atoms with E-state index < -0.39 is 16.3 Å².